The lowest BCUT2D eigenvalue weighted by atomic mass is 10.1. The average Bonchev–Trinajstić information content (AvgIpc) is 3.14. The zero-order valence-corrected chi connectivity index (χ0v) is 20.8. The number of hydrogen-bond acceptors (Lipinski definition) is 3. The highest BCUT2D eigenvalue weighted by Crippen LogP contribution is 2.25. The predicted molar refractivity (Wildman–Crippen MR) is 137 cm³/mol. The number of carbonyl (C=O) groups is 1. The van der Waals surface area contributed by atoms with Gasteiger partial charge in [-0.2, -0.15) is 0 Å². The number of ether oxygens (including phenoxy) is 1. The number of carbonyl (C=O) groups excluding carboxylic acids is 1. The van der Waals surface area contributed by atoms with E-state index in [-0.39, 0.29) is 35.7 Å². The van der Waals surface area contributed by atoms with Crippen LogP contribution in [0.15, 0.2) is 47.6 Å². The maximum atomic E-state index is 13.6. The number of methoxy groups -OCH3 is 1. The Morgan fingerprint density at radius 3 is 2.72 bits per heavy atom. The molecule has 32 heavy (non-hydrogen) atoms. The van der Waals surface area contributed by atoms with E-state index in [0.717, 1.165) is 35.0 Å². The first-order valence-corrected chi connectivity index (χ1v) is 10.2. The Labute approximate surface area is 204 Å². The third-order valence-corrected chi connectivity index (χ3v) is 4.75. The van der Waals surface area contributed by atoms with Crippen LogP contribution in [-0.2, 0) is 17.8 Å². The van der Waals surface area contributed by atoms with Crippen LogP contribution in [0.4, 0.5) is 10.1 Å². The molecule has 1 heterocycles. The number of fused-ring (bicyclic) bond motifs is 1. The van der Waals surface area contributed by atoms with Crippen molar-refractivity contribution in [3.8, 4) is 5.75 Å². The second kappa shape index (κ2) is 12.3. The first-order chi connectivity index (χ1) is 15.0. The lowest BCUT2D eigenvalue weighted by Crippen LogP contribution is -2.38. The molecule has 0 atom stereocenters. The van der Waals surface area contributed by atoms with E-state index in [1.54, 1.807) is 19.2 Å². The minimum atomic E-state index is -0.241. The van der Waals surface area contributed by atoms with Crippen molar-refractivity contribution in [3.63, 3.8) is 0 Å². The summed E-state index contributed by atoms with van der Waals surface area (Å²) in [6.45, 7) is 5.27. The van der Waals surface area contributed by atoms with E-state index in [1.807, 2.05) is 31.3 Å². The molecule has 0 aliphatic rings. The largest absolute Gasteiger partial charge is 0.495 e. The number of halogens is 2. The molecular weight excluding hydrogens is 524 g/mol. The fourth-order valence-electron chi connectivity index (χ4n) is 3.33. The summed E-state index contributed by atoms with van der Waals surface area (Å²) in [5, 5.41) is 10.2. The second-order valence-corrected chi connectivity index (χ2v) is 7.09. The van der Waals surface area contributed by atoms with Gasteiger partial charge < -0.3 is 25.7 Å². The zero-order valence-electron chi connectivity index (χ0n) is 18.4. The number of amides is 1. The monoisotopic (exact) mass is 553 g/mol. The lowest BCUT2D eigenvalue weighted by molar-refractivity contribution is -0.114. The Balaban J connectivity index is 0.00000363. The van der Waals surface area contributed by atoms with Gasteiger partial charge in [-0.3, -0.25) is 4.79 Å². The minimum absolute atomic E-state index is 0. The Kier molecular flexibility index (Phi) is 9.76. The van der Waals surface area contributed by atoms with E-state index in [2.05, 4.69) is 25.9 Å². The number of hydrogen-bond donors (Lipinski definition) is 4. The summed E-state index contributed by atoms with van der Waals surface area (Å²) < 4.78 is 18.9. The Morgan fingerprint density at radius 1 is 1.19 bits per heavy atom. The molecule has 2 aromatic carbocycles. The highest BCUT2D eigenvalue weighted by Gasteiger charge is 2.08. The fraction of sp³-hybridized carbons (Fsp3) is 0.304. The third-order valence-electron chi connectivity index (χ3n) is 4.75. The summed E-state index contributed by atoms with van der Waals surface area (Å²) in [7, 11) is 1.56. The van der Waals surface area contributed by atoms with E-state index >= 15 is 0 Å². The summed E-state index contributed by atoms with van der Waals surface area (Å²) in [5.74, 6) is 0.883. The van der Waals surface area contributed by atoms with Gasteiger partial charge in [-0.25, -0.2) is 9.38 Å². The summed E-state index contributed by atoms with van der Waals surface area (Å²) in [6.07, 6.45) is 2.64. The van der Waals surface area contributed by atoms with Crippen molar-refractivity contribution in [2.75, 3.05) is 25.5 Å². The van der Waals surface area contributed by atoms with Crippen LogP contribution in [-0.4, -0.2) is 37.1 Å². The third kappa shape index (κ3) is 6.84. The zero-order chi connectivity index (χ0) is 22.2. The standard InChI is InChI=1S/C23H28FN5O2.HI/c1-4-25-23(26-10-9-17-14-27-20-7-6-18(24)12-19(17)20)28-13-16-5-8-22(31-3)21(11-16)29-15(2)30;/h5-8,11-12,14,27H,4,9-10,13H2,1-3H3,(H,29,30)(H2,25,26,28);1H. The quantitative estimate of drug-likeness (QED) is 0.191. The summed E-state index contributed by atoms with van der Waals surface area (Å²) in [5.41, 5.74) is 3.53. The molecular formula is C23H29FIN5O2. The highest BCUT2D eigenvalue weighted by molar-refractivity contribution is 14.0. The second-order valence-electron chi connectivity index (χ2n) is 7.09. The summed E-state index contributed by atoms with van der Waals surface area (Å²) >= 11 is 0. The number of nitrogens with zero attached hydrogens (tertiary/aromatic N) is 1. The van der Waals surface area contributed by atoms with Crippen molar-refractivity contribution in [2.45, 2.75) is 26.8 Å². The van der Waals surface area contributed by atoms with Crippen molar-refractivity contribution in [2.24, 2.45) is 4.99 Å². The SMILES string of the molecule is CCNC(=NCc1ccc(OC)c(NC(C)=O)c1)NCCc1c[nH]c2ccc(F)cc12.I. The predicted octanol–water partition coefficient (Wildman–Crippen LogP) is 4.19. The molecule has 1 aromatic heterocycles. The van der Waals surface area contributed by atoms with Gasteiger partial charge in [0.2, 0.25) is 5.91 Å². The Hall–Kier alpha value is -2.82. The smallest absolute Gasteiger partial charge is 0.221 e. The van der Waals surface area contributed by atoms with Crippen molar-refractivity contribution in [1.82, 2.24) is 15.6 Å². The number of benzene rings is 2. The van der Waals surface area contributed by atoms with Crippen LogP contribution in [0.5, 0.6) is 5.75 Å². The van der Waals surface area contributed by atoms with Gasteiger partial charge in [0.15, 0.2) is 5.96 Å². The van der Waals surface area contributed by atoms with Crippen molar-refractivity contribution >= 4 is 52.4 Å². The summed E-state index contributed by atoms with van der Waals surface area (Å²) in [4.78, 5) is 19.2. The molecule has 3 rings (SSSR count). The van der Waals surface area contributed by atoms with Gasteiger partial charge in [-0.05, 0) is 54.8 Å². The first kappa shape index (κ1) is 25.4. The van der Waals surface area contributed by atoms with E-state index in [9.17, 15) is 9.18 Å². The molecule has 0 saturated carbocycles. The van der Waals surface area contributed by atoms with Crippen molar-refractivity contribution < 1.29 is 13.9 Å². The number of nitrogens with one attached hydrogen (secondary N) is 4. The number of aromatic nitrogens is 1. The van der Waals surface area contributed by atoms with Gasteiger partial charge in [-0.15, -0.1) is 24.0 Å². The molecule has 3 aromatic rings. The molecule has 7 nitrogen and oxygen atoms in total. The molecule has 0 spiro atoms. The van der Waals surface area contributed by atoms with Crippen molar-refractivity contribution in [3.05, 3.63) is 59.5 Å². The first-order valence-electron chi connectivity index (χ1n) is 10.2. The fourth-order valence-corrected chi connectivity index (χ4v) is 3.33. The van der Waals surface area contributed by atoms with Gasteiger partial charge >= 0.3 is 0 Å². The van der Waals surface area contributed by atoms with E-state index in [1.165, 1.54) is 13.0 Å². The molecule has 172 valence electrons. The molecule has 0 aliphatic heterocycles. The molecule has 0 unspecified atom stereocenters. The number of aliphatic imine (C=N–C) groups is 1. The van der Waals surface area contributed by atoms with Gasteiger partial charge in [0, 0.05) is 37.1 Å². The van der Waals surface area contributed by atoms with Crippen LogP contribution in [0.25, 0.3) is 10.9 Å². The number of H-pyrrole nitrogens is 1. The van der Waals surface area contributed by atoms with Crippen molar-refractivity contribution in [1.29, 1.82) is 0 Å². The lowest BCUT2D eigenvalue weighted by Gasteiger charge is -2.12. The average molecular weight is 553 g/mol. The molecule has 0 radical (unpaired) electrons. The number of guanidine groups is 1. The highest BCUT2D eigenvalue weighted by atomic mass is 127. The van der Waals surface area contributed by atoms with Crippen LogP contribution in [0.1, 0.15) is 25.0 Å². The molecule has 0 aliphatic carbocycles. The maximum Gasteiger partial charge on any atom is 0.221 e. The van der Waals surface area contributed by atoms with Crippen LogP contribution >= 0.6 is 24.0 Å². The van der Waals surface area contributed by atoms with E-state index < -0.39 is 0 Å². The minimum Gasteiger partial charge on any atom is -0.495 e. The van der Waals surface area contributed by atoms with E-state index in [0.29, 0.717) is 30.5 Å². The molecule has 4 N–H and O–H groups in total. The van der Waals surface area contributed by atoms with E-state index in [4.69, 9.17) is 4.74 Å². The van der Waals surface area contributed by atoms with Crippen LogP contribution in [0, 0.1) is 5.82 Å². The molecule has 0 bridgehead atoms. The van der Waals surface area contributed by atoms with Gasteiger partial charge in [-0.1, -0.05) is 6.07 Å². The Bertz CT molecular complexity index is 1080. The van der Waals surface area contributed by atoms with Crippen LogP contribution < -0.4 is 20.7 Å². The van der Waals surface area contributed by atoms with Gasteiger partial charge in [0.1, 0.15) is 11.6 Å². The van der Waals surface area contributed by atoms with Crippen LogP contribution in [0.2, 0.25) is 0 Å². The molecule has 9 heteroatoms. The topological polar surface area (TPSA) is 90.5 Å². The number of anilines is 1. The number of aromatic amines is 1. The molecule has 0 fully saturated rings. The molecule has 1 amide bonds. The van der Waals surface area contributed by atoms with Crippen LogP contribution in [0.3, 0.4) is 0 Å². The Morgan fingerprint density at radius 2 is 2.00 bits per heavy atom. The normalized spacial score (nSPS) is 11.1. The maximum absolute atomic E-state index is 13.6. The number of rotatable bonds is 8. The van der Waals surface area contributed by atoms with Gasteiger partial charge in [0.25, 0.3) is 0 Å². The summed E-state index contributed by atoms with van der Waals surface area (Å²) in [6, 6.07) is 10.3. The molecule has 0 saturated heterocycles. The van der Waals surface area contributed by atoms with Gasteiger partial charge in [0.05, 0.1) is 19.3 Å².